The number of amides is 2. The zero-order valence-electron chi connectivity index (χ0n) is 8.44. The molecule has 2 heterocycles. The van der Waals surface area contributed by atoms with Gasteiger partial charge in [0.2, 0.25) is 11.8 Å². The summed E-state index contributed by atoms with van der Waals surface area (Å²) in [6.07, 6.45) is 5.72. The Morgan fingerprint density at radius 3 is 2.60 bits per heavy atom. The van der Waals surface area contributed by atoms with Crippen LogP contribution in [0.15, 0.2) is 23.0 Å². The molecule has 1 aromatic rings. The summed E-state index contributed by atoms with van der Waals surface area (Å²) in [6, 6.07) is 1.90. The predicted molar refractivity (Wildman–Crippen MR) is 53.0 cm³/mol. The van der Waals surface area contributed by atoms with Crippen LogP contribution in [0.5, 0.6) is 0 Å². The van der Waals surface area contributed by atoms with Crippen molar-refractivity contribution in [2.24, 2.45) is 0 Å². The zero-order valence-corrected chi connectivity index (χ0v) is 8.44. The van der Waals surface area contributed by atoms with E-state index in [1.807, 2.05) is 6.07 Å². The zero-order chi connectivity index (χ0) is 10.7. The van der Waals surface area contributed by atoms with E-state index in [4.69, 9.17) is 4.42 Å². The van der Waals surface area contributed by atoms with E-state index < -0.39 is 0 Å². The molecule has 0 aromatic carbocycles. The highest BCUT2D eigenvalue weighted by Gasteiger charge is 2.27. The lowest BCUT2D eigenvalue weighted by atomic mass is 10.2. The molecule has 0 N–H and O–H groups in total. The van der Waals surface area contributed by atoms with Gasteiger partial charge in [0.1, 0.15) is 0 Å². The molecule has 2 amide bonds. The summed E-state index contributed by atoms with van der Waals surface area (Å²) in [4.78, 5) is 23.9. The van der Waals surface area contributed by atoms with Crippen LogP contribution in [-0.2, 0) is 16.0 Å². The summed E-state index contributed by atoms with van der Waals surface area (Å²) in [7, 11) is 0. The number of carbonyl (C=O) groups is 2. The van der Waals surface area contributed by atoms with Gasteiger partial charge in [-0.05, 0) is 24.5 Å². The SMILES string of the molecule is O=C1CCC(=O)N1CCCc1ccoc1. The van der Waals surface area contributed by atoms with Gasteiger partial charge in [0, 0.05) is 19.4 Å². The van der Waals surface area contributed by atoms with Gasteiger partial charge in [-0.2, -0.15) is 0 Å². The van der Waals surface area contributed by atoms with Gasteiger partial charge in [0.05, 0.1) is 12.5 Å². The second-order valence-corrected chi connectivity index (χ2v) is 3.67. The average molecular weight is 207 g/mol. The summed E-state index contributed by atoms with van der Waals surface area (Å²) in [5.41, 5.74) is 1.11. The van der Waals surface area contributed by atoms with Crippen molar-refractivity contribution in [2.75, 3.05) is 6.54 Å². The van der Waals surface area contributed by atoms with Crippen molar-refractivity contribution in [1.82, 2.24) is 4.90 Å². The fourth-order valence-electron chi connectivity index (χ4n) is 1.75. The summed E-state index contributed by atoms with van der Waals surface area (Å²) in [5.74, 6) is -0.0700. The Labute approximate surface area is 87.9 Å². The predicted octanol–water partition coefficient (Wildman–Crippen LogP) is 1.36. The minimum atomic E-state index is -0.0350. The molecule has 0 aliphatic carbocycles. The molecule has 80 valence electrons. The monoisotopic (exact) mass is 207 g/mol. The van der Waals surface area contributed by atoms with Crippen LogP contribution in [0.3, 0.4) is 0 Å². The maximum Gasteiger partial charge on any atom is 0.229 e. The highest BCUT2D eigenvalue weighted by molar-refractivity contribution is 6.01. The third kappa shape index (κ3) is 2.26. The number of nitrogens with zero attached hydrogens (tertiary/aromatic N) is 1. The molecule has 2 rings (SSSR count). The fraction of sp³-hybridized carbons (Fsp3) is 0.455. The standard InChI is InChI=1S/C11H13NO3/c13-10-3-4-11(14)12(10)6-1-2-9-5-7-15-8-9/h5,7-8H,1-4,6H2. The molecule has 0 spiro atoms. The lowest BCUT2D eigenvalue weighted by molar-refractivity contribution is -0.138. The van der Waals surface area contributed by atoms with Crippen molar-refractivity contribution in [2.45, 2.75) is 25.7 Å². The van der Waals surface area contributed by atoms with Crippen molar-refractivity contribution >= 4 is 11.8 Å². The Kier molecular flexibility index (Phi) is 2.85. The minimum Gasteiger partial charge on any atom is -0.472 e. The topological polar surface area (TPSA) is 50.5 Å². The number of hydrogen-bond donors (Lipinski definition) is 0. The molecular formula is C11H13NO3. The molecule has 1 aliphatic heterocycles. The highest BCUT2D eigenvalue weighted by atomic mass is 16.3. The second-order valence-electron chi connectivity index (χ2n) is 3.67. The average Bonchev–Trinajstić information content (AvgIpc) is 2.82. The Balaban J connectivity index is 1.78. The summed E-state index contributed by atoms with van der Waals surface area (Å²) >= 11 is 0. The van der Waals surface area contributed by atoms with Gasteiger partial charge in [-0.1, -0.05) is 0 Å². The van der Waals surface area contributed by atoms with E-state index in [0.717, 1.165) is 18.4 Å². The molecule has 4 heteroatoms. The molecule has 0 bridgehead atoms. The maximum absolute atomic E-state index is 11.3. The third-order valence-electron chi connectivity index (χ3n) is 2.58. The van der Waals surface area contributed by atoms with Crippen molar-refractivity contribution in [3.8, 4) is 0 Å². The van der Waals surface area contributed by atoms with Crippen LogP contribution in [0.25, 0.3) is 0 Å². The van der Waals surface area contributed by atoms with E-state index in [9.17, 15) is 9.59 Å². The van der Waals surface area contributed by atoms with E-state index in [2.05, 4.69) is 0 Å². The first-order valence-electron chi connectivity index (χ1n) is 5.11. The van der Waals surface area contributed by atoms with E-state index >= 15 is 0 Å². The van der Waals surface area contributed by atoms with Gasteiger partial charge < -0.3 is 4.42 Å². The molecule has 0 saturated carbocycles. The van der Waals surface area contributed by atoms with E-state index in [0.29, 0.717) is 19.4 Å². The Morgan fingerprint density at radius 2 is 2.00 bits per heavy atom. The number of likely N-dealkylation sites (tertiary alicyclic amines) is 1. The molecule has 0 unspecified atom stereocenters. The molecule has 4 nitrogen and oxygen atoms in total. The smallest absolute Gasteiger partial charge is 0.229 e. The van der Waals surface area contributed by atoms with Crippen LogP contribution >= 0.6 is 0 Å². The number of aryl methyl sites for hydroxylation is 1. The van der Waals surface area contributed by atoms with Crippen LogP contribution in [0.1, 0.15) is 24.8 Å². The number of carbonyl (C=O) groups excluding carboxylic acids is 2. The van der Waals surface area contributed by atoms with Crippen molar-refractivity contribution in [3.63, 3.8) is 0 Å². The number of furan rings is 1. The fourth-order valence-corrected chi connectivity index (χ4v) is 1.75. The second kappa shape index (κ2) is 4.29. The molecule has 0 radical (unpaired) electrons. The molecular weight excluding hydrogens is 194 g/mol. The van der Waals surface area contributed by atoms with Crippen LogP contribution in [0.4, 0.5) is 0 Å². The van der Waals surface area contributed by atoms with Crippen molar-refractivity contribution < 1.29 is 14.0 Å². The van der Waals surface area contributed by atoms with Gasteiger partial charge in [0.15, 0.2) is 0 Å². The first-order chi connectivity index (χ1) is 7.27. The van der Waals surface area contributed by atoms with E-state index in [1.54, 1.807) is 12.5 Å². The normalized spacial score (nSPS) is 16.4. The number of hydrogen-bond acceptors (Lipinski definition) is 3. The van der Waals surface area contributed by atoms with Crippen molar-refractivity contribution in [3.05, 3.63) is 24.2 Å². The van der Waals surface area contributed by atoms with Crippen LogP contribution in [-0.4, -0.2) is 23.3 Å². The minimum absolute atomic E-state index is 0.0350. The van der Waals surface area contributed by atoms with E-state index in [-0.39, 0.29) is 11.8 Å². The molecule has 15 heavy (non-hydrogen) atoms. The van der Waals surface area contributed by atoms with Crippen LogP contribution in [0.2, 0.25) is 0 Å². The Morgan fingerprint density at radius 1 is 1.27 bits per heavy atom. The van der Waals surface area contributed by atoms with Gasteiger partial charge in [-0.25, -0.2) is 0 Å². The summed E-state index contributed by atoms with van der Waals surface area (Å²) in [6.45, 7) is 0.531. The van der Waals surface area contributed by atoms with E-state index in [1.165, 1.54) is 4.90 Å². The van der Waals surface area contributed by atoms with Crippen LogP contribution in [0, 0.1) is 0 Å². The first-order valence-corrected chi connectivity index (χ1v) is 5.11. The molecule has 0 atom stereocenters. The maximum atomic E-state index is 11.3. The Hall–Kier alpha value is -1.58. The van der Waals surface area contributed by atoms with Gasteiger partial charge >= 0.3 is 0 Å². The van der Waals surface area contributed by atoms with Crippen molar-refractivity contribution in [1.29, 1.82) is 0 Å². The molecule has 1 aromatic heterocycles. The first kappa shape index (κ1) is 9.96. The highest BCUT2D eigenvalue weighted by Crippen LogP contribution is 2.13. The largest absolute Gasteiger partial charge is 0.472 e. The summed E-state index contributed by atoms with van der Waals surface area (Å²) in [5, 5.41) is 0. The van der Waals surface area contributed by atoms with Crippen LogP contribution < -0.4 is 0 Å². The lowest BCUT2D eigenvalue weighted by Crippen LogP contribution is -2.30. The number of imide groups is 1. The van der Waals surface area contributed by atoms with Gasteiger partial charge in [0.25, 0.3) is 0 Å². The quantitative estimate of drug-likeness (QED) is 0.700. The van der Waals surface area contributed by atoms with Gasteiger partial charge in [-0.3, -0.25) is 14.5 Å². The summed E-state index contributed by atoms with van der Waals surface area (Å²) < 4.78 is 4.93. The molecule has 1 fully saturated rings. The van der Waals surface area contributed by atoms with Gasteiger partial charge in [-0.15, -0.1) is 0 Å². The lowest BCUT2D eigenvalue weighted by Gasteiger charge is -2.12. The Bertz CT molecular complexity index is 340. The molecule has 1 aliphatic rings. The number of rotatable bonds is 4. The molecule has 1 saturated heterocycles. The third-order valence-corrected chi connectivity index (χ3v) is 2.58.